The van der Waals surface area contributed by atoms with Gasteiger partial charge in [0.2, 0.25) is 0 Å². The van der Waals surface area contributed by atoms with Crippen molar-refractivity contribution >= 4 is 34.8 Å². The molecule has 0 spiro atoms. The van der Waals surface area contributed by atoms with Gasteiger partial charge in [-0.05, 0) is 30.3 Å². The Labute approximate surface area is 125 Å². The van der Waals surface area contributed by atoms with Crippen molar-refractivity contribution in [1.82, 2.24) is 0 Å². The van der Waals surface area contributed by atoms with E-state index in [1.807, 2.05) is 0 Å². The summed E-state index contributed by atoms with van der Waals surface area (Å²) in [5.74, 6) is -0.983. The summed E-state index contributed by atoms with van der Waals surface area (Å²) in [6.07, 6.45) is 0. The quantitative estimate of drug-likeness (QED) is 0.912. The second-order valence-electron chi connectivity index (χ2n) is 3.90. The normalized spacial score (nSPS) is 10.2. The number of amides is 1. The van der Waals surface area contributed by atoms with Gasteiger partial charge in [-0.15, -0.1) is 0 Å². The van der Waals surface area contributed by atoms with Crippen LogP contribution in [0.3, 0.4) is 0 Å². The van der Waals surface area contributed by atoms with Crippen LogP contribution in [-0.2, 0) is 0 Å². The standard InChI is InChI=1S/C14H10Cl2FNO2/c1-20-13-10(16)3-2-4-12(13)18-14(19)9-7-8(15)5-6-11(9)17/h2-7H,1H3,(H,18,19). The predicted molar refractivity (Wildman–Crippen MR) is 77.4 cm³/mol. The Morgan fingerprint density at radius 2 is 2.00 bits per heavy atom. The largest absolute Gasteiger partial charge is 0.493 e. The number of hydrogen-bond acceptors (Lipinski definition) is 2. The number of ether oxygens (including phenoxy) is 1. The molecule has 1 amide bonds. The molecule has 0 atom stereocenters. The maximum atomic E-state index is 13.6. The van der Waals surface area contributed by atoms with Crippen LogP contribution >= 0.6 is 23.2 Å². The third kappa shape index (κ3) is 3.03. The lowest BCUT2D eigenvalue weighted by Crippen LogP contribution is -2.14. The zero-order valence-corrected chi connectivity index (χ0v) is 11.9. The minimum atomic E-state index is -0.659. The van der Waals surface area contributed by atoms with E-state index >= 15 is 0 Å². The molecule has 0 fully saturated rings. The Bertz CT molecular complexity index is 662. The van der Waals surface area contributed by atoms with Crippen molar-refractivity contribution in [3.63, 3.8) is 0 Å². The van der Waals surface area contributed by atoms with Crippen LogP contribution < -0.4 is 10.1 Å². The van der Waals surface area contributed by atoms with Crippen molar-refractivity contribution in [3.05, 3.63) is 57.8 Å². The van der Waals surface area contributed by atoms with Gasteiger partial charge in [0.1, 0.15) is 5.82 Å². The number of benzene rings is 2. The van der Waals surface area contributed by atoms with E-state index in [-0.39, 0.29) is 10.6 Å². The number of carbonyl (C=O) groups excluding carboxylic acids is 1. The number of hydrogen-bond donors (Lipinski definition) is 1. The maximum absolute atomic E-state index is 13.6. The summed E-state index contributed by atoms with van der Waals surface area (Å²) in [6, 6.07) is 8.62. The molecule has 2 aromatic rings. The Hall–Kier alpha value is -1.78. The van der Waals surface area contributed by atoms with Gasteiger partial charge in [0.25, 0.3) is 5.91 Å². The number of carbonyl (C=O) groups is 1. The maximum Gasteiger partial charge on any atom is 0.258 e. The van der Waals surface area contributed by atoms with Gasteiger partial charge in [-0.1, -0.05) is 29.3 Å². The topological polar surface area (TPSA) is 38.3 Å². The van der Waals surface area contributed by atoms with Crippen molar-refractivity contribution in [2.75, 3.05) is 12.4 Å². The molecule has 0 radical (unpaired) electrons. The van der Waals surface area contributed by atoms with Gasteiger partial charge >= 0.3 is 0 Å². The van der Waals surface area contributed by atoms with Crippen molar-refractivity contribution in [2.24, 2.45) is 0 Å². The smallest absolute Gasteiger partial charge is 0.258 e. The van der Waals surface area contributed by atoms with Crippen molar-refractivity contribution in [1.29, 1.82) is 0 Å². The lowest BCUT2D eigenvalue weighted by Gasteiger charge is -2.11. The first kappa shape index (κ1) is 14.6. The van der Waals surface area contributed by atoms with Crippen LogP contribution in [0.25, 0.3) is 0 Å². The Kier molecular flexibility index (Phi) is 4.47. The van der Waals surface area contributed by atoms with Gasteiger partial charge in [-0.3, -0.25) is 4.79 Å². The molecule has 0 saturated heterocycles. The molecule has 0 aliphatic heterocycles. The first-order chi connectivity index (χ1) is 9.52. The molecule has 0 aliphatic carbocycles. The first-order valence-electron chi connectivity index (χ1n) is 5.62. The van der Waals surface area contributed by atoms with Crippen molar-refractivity contribution in [2.45, 2.75) is 0 Å². The summed E-state index contributed by atoms with van der Waals surface area (Å²) >= 11 is 11.7. The van der Waals surface area contributed by atoms with E-state index in [9.17, 15) is 9.18 Å². The third-order valence-electron chi connectivity index (χ3n) is 2.59. The molecular formula is C14H10Cl2FNO2. The number of anilines is 1. The molecule has 2 rings (SSSR count). The molecule has 3 nitrogen and oxygen atoms in total. The fourth-order valence-corrected chi connectivity index (χ4v) is 2.10. The molecule has 0 heterocycles. The summed E-state index contributed by atoms with van der Waals surface area (Å²) in [5.41, 5.74) is 0.198. The van der Waals surface area contributed by atoms with Gasteiger partial charge in [0.05, 0.1) is 23.4 Å². The Morgan fingerprint density at radius 1 is 1.25 bits per heavy atom. The van der Waals surface area contributed by atoms with Crippen molar-refractivity contribution in [3.8, 4) is 5.75 Å². The highest BCUT2D eigenvalue weighted by Crippen LogP contribution is 2.32. The number of nitrogens with one attached hydrogen (secondary N) is 1. The molecule has 0 aromatic heterocycles. The van der Waals surface area contributed by atoms with Crippen molar-refractivity contribution < 1.29 is 13.9 Å². The lowest BCUT2D eigenvalue weighted by molar-refractivity contribution is 0.102. The van der Waals surface area contributed by atoms with Crippen LogP contribution in [0, 0.1) is 5.82 Å². The van der Waals surface area contributed by atoms with Crippen LogP contribution in [0.1, 0.15) is 10.4 Å². The fourth-order valence-electron chi connectivity index (χ4n) is 1.68. The van der Waals surface area contributed by atoms with Crippen LogP contribution in [0.4, 0.5) is 10.1 Å². The van der Waals surface area contributed by atoms with E-state index in [0.717, 1.165) is 6.07 Å². The minimum absolute atomic E-state index is 0.153. The van der Waals surface area contributed by atoms with Crippen LogP contribution in [0.2, 0.25) is 10.0 Å². The van der Waals surface area contributed by atoms with Gasteiger partial charge in [0.15, 0.2) is 5.75 Å². The Balaban J connectivity index is 2.33. The Morgan fingerprint density at radius 3 is 2.70 bits per heavy atom. The summed E-state index contributed by atoms with van der Waals surface area (Å²) in [5, 5.41) is 3.16. The van der Waals surface area contributed by atoms with Gasteiger partial charge in [-0.25, -0.2) is 4.39 Å². The third-order valence-corrected chi connectivity index (χ3v) is 3.13. The summed E-state index contributed by atoms with van der Waals surface area (Å²) < 4.78 is 18.7. The molecule has 6 heteroatoms. The van der Waals surface area contributed by atoms with E-state index in [1.165, 1.54) is 19.2 Å². The average Bonchev–Trinajstić information content (AvgIpc) is 2.41. The number of halogens is 3. The van der Waals surface area contributed by atoms with Gasteiger partial charge in [-0.2, -0.15) is 0 Å². The zero-order chi connectivity index (χ0) is 14.7. The molecule has 0 saturated carbocycles. The monoisotopic (exact) mass is 313 g/mol. The number of rotatable bonds is 3. The molecule has 104 valence electrons. The molecule has 2 aromatic carbocycles. The molecule has 1 N–H and O–H groups in total. The van der Waals surface area contributed by atoms with Crippen LogP contribution in [0.15, 0.2) is 36.4 Å². The van der Waals surface area contributed by atoms with E-state index < -0.39 is 11.7 Å². The summed E-state index contributed by atoms with van der Waals surface area (Å²) in [4.78, 5) is 12.1. The second kappa shape index (κ2) is 6.11. The highest BCUT2D eigenvalue weighted by atomic mass is 35.5. The van der Waals surface area contributed by atoms with E-state index in [1.54, 1.807) is 18.2 Å². The minimum Gasteiger partial charge on any atom is -0.493 e. The first-order valence-corrected chi connectivity index (χ1v) is 6.37. The number of para-hydroxylation sites is 1. The highest BCUT2D eigenvalue weighted by molar-refractivity contribution is 6.33. The predicted octanol–water partition coefficient (Wildman–Crippen LogP) is 4.39. The van der Waals surface area contributed by atoms with E-state index in [4.69, 9.17) is 27.9 Å². The zero-order valence-electron chi connectivity index (χ0n) is 10.4. The van der Waals surface area contributed by atoms with E-state index in [0.29, 0.717) is 16.5 Å². The van der Waals surface area contributed by atoms with Crippen LogP contribution in [0.5, 0.6) is 5.75 Å². The SMILES string of the molecule is COc1c(Cl)cccc1NC(=O)c1cc(Cl)ccc1F. The molecule has 0 unspecified atom stereocenters. The highest BCUT2D eigenvalue weighted by Gasteiger charge is 2.15. The average molecular weight is 314 g/mol. The van der Waals surface area contributed by atoms with Crippen LogP contribution in [-0.4, -0.2) is 13.0 Å². The lowest BCUT2D eigenvalue weighted by atomic mass is 10.2. The van der Waals surface area contributed by atoms with E-state index in [2.05, 4.69) is 5.32 Å². The van der Waals surface area contributed by atoms with Gasteiger partial charge < -0.3 is 10.1 Å². The summed E-state index contributed by atoms with van der Waals surface area (Å²) in [7, 11) is 1.43. The summed E-state index contributed by atoms with van der Waals surface area (Å²) in [6.45, 7) is 0. The molecule has 20 heavy (non-hydrogen) atoms. The molecular weight excluding hydrogens is 304 g/mol. The second-order valence-corrected chi connectivity index (χ2v) is 4.74. The fraction of sp³-hybridized carbons (Fsp3) is 0.0714. The van der Waals surface area contributed by atoms with Gasteiger partial charge in [0, 0.05) is 5.02 Å². The number of methoxy groups -OCH3 is 1. The molecule has 0 aliphatic rings. The molecule has 0 bridgehead atoms.